The lowest BCUT2D eigenvalue weighted by Gasteiger charge is -2.06. The van der Waals surface area contributed by atoms with E-state index in [1.54, 1.807) is 22.9 Å². The highest BCUT2D eigenvalue weighted by Gasteiger charge is 2.09. The molecule has 0 aliphatic heterocycles. The minimum absolute atomic E-state index is 0.139. The minimum atomic E-state index is -0.139. The van der Waals surface area contributed by atoms with Crippen molar-refractivity contribution in [1.82, 2.24) is 20.2 Å². The second-order valence-electron chi connectivity index (χ2n) is 3.95. The van der Waals surface area contributed by atoms with Crippen molar-refractivity contribution in [2.75, 3.05) is 11.1 Å². The molecule has 0 saturated carbocycles. The molecule has 7 nitrogen and oxygen atoms in total. The van der Waals surface area contributed by atoms with Gasteiger partial charge >= 0.3 is 0 Å². The monoisotopic (exact) mass is 300 g/mol. The van der Waals surface area contributed by atoms with E-state index >= 15 is 0 Å². The third-order valence-electron chi connectivity index (χ3n) is 2.35. The van der Waals surface area contributed by atoms with Gasteiger partial charge in [0.2, 0.25) is 11.1 Å². The van der Waals surface area contributed by atoms with Gasteiger partial charge in [-0.25, -0.2) is 0 Å². The van der Waals surface area contributed by atoms with Crippen LogP contribution in [-0.4, -0.2) is 31.9 Å². The SMILES string of the molecule is CC(=O)Nc1cccc(-n2nnnc2SC/C=C/C#N)c1. The number of amides is 1. The molecule has 106 valence electrons. The number of hydrogen-bond acceptors (Lipinski definition) is 6. The fraction of sp³-hybridized carbons (Fsp3) is 0.154. The summed E-state index contributed by atoms with van der Waals surface area (Å²) in [6.45, 7) is 1.45. The summed E-state index contributed by atoms with van der Waals surface area (Å²) in [6.07, 6.45) is 3.15. The Morgan fingerprint density at radius 3 is 3.19 bits per heavy atom. The molecule has 0 aliphatic rings. The fourth-order valence-electron chi connectivity index (χ4n) is 1.57. The van der Waals surface area contributed by atoms with Crippen molar-refractivity contribution < 1.29 is 4.79 Å². The van der Waals surface area contributed by atoms with Gasteiger partial charge in [-0.3, -0.25) is 4.79 Å². The summed E-state index contributed by atoms with van der Waals surface area (Å²) in [5, 5.41) is 23.3. The lowest BCUT2D eigenvalue weighted by atomic mass is 10.3. The molecule has 1 amide bonds. The van der Waals surface area contributed by atoms with Crippen LogP contribution in [0.5, 0.6) is 0 Å². The molecule has 2 aromatic rings. The predicted octanol–water partition coefficient (Wildman–Crippen LogP) is 1.79. The lowest BCUT2D eigenvalue weighted by Crippen LogP contribution is -2.07. The van der Waals surface area contributed by atoms with Crippen molar-refractivity contribution in [3.63, 3.8) is 0 Å². The van der Waals surface area contributed by atoms with E-state index in [0.717, 1.165) is 5.69 Å². The van der Waals surface area contributed by atoms with E-state index in [4.69, 9.17) is 5.26 Å². The van der Waals surface area contributed by atoms with Crippen LogP contribution in [0, 0.1) is 11.3 Å². The molecule has 8 heteroatoms. The van der Waals surface area contributed by atoms with Crippen molar-refractivity contribution in [2.45, 2.75) is 12.1 Å². The Kier molecular flexibility index (Phi) is 5.06. The summed E-state index contributed by atoms with van der Waals surface area (Å²) in [7, 11) is 0. The Hall–Kier alpha value is -2.66. The molecular formula is C13H12N6OS. The normalized spacial score (nSPS) is 10.5. The average Bonchev–Trinajstić information content (AvgIpc) is 2.91. The van der Waals surface area contributed by atoms with Gasteiger partial charge in [-0.15, -0.1) is 5.10 Å². The molecule has 0 atom stereocenters. The molecule has 0 spiro atoms. The second kappa shape index (κ2) is 7.21. The lowest BCUT2D eigenvalue weighted by molar-refractivity contribution is -0.114. The van der Waals surface area contributed by atoms with Gasteiger partial charge in [0, 0.05) is 24.4 Å². The third-order valence-corrected chi connectivity index (χ3v) is 3.22. The topological polar surface area (TPSA) is 96.5 Å². The Balaban J connectivity index is 2.19. The highest BCUT2D eigenvalue weighted by atomic mass is 32.2. The molecule has 0 radical (unpaired) electrons. The van der Waals surface area contributed by atoms with E-state index in [1.165, 1.54) is 24.8 Å². The Bertz CT molecular complexity index is 703. The van der Waals surface area contributed by atoms with Gasteiger partial charge in [-0.2, -0.15) is 9.94 Å². The maximum Gasteiger partial charge on any atom is 0.221 e. The Morgan fingerprint density at radius 1 is 1.57 bits per heavy atom. The quantitative estimate of drug-likeness (QED) is 0.668. The van der Waals surface area contributed by atoms with Gasteiger partial charge in [-0.1, -0.05) is 23.9 Å². The van der Waals surface area contributed by atoms with Crippen LogP contribution in [0.25, 0.3) is 5.69 Å². The van der Waals surface area contributed by atoms with Crippen molar-refractivity contribution in [2.24, 2.45) is 0 Å². The fourth-order valence-corrected chi connectivity index (χ4v) is 2.27. The number of nitriles is 1. The summed E-state index contributed by atoms with van der Waals surface area (Å²) in [4.78, 5) is 11.1. The second-order valence-corrected chi connectivity index (χ2v) is 4.93. The zero-order chi connectivity index (χ0) is 15.1. The van der Waals surface area contributed by atoms with Crippen LogP contribution in [0.4, 0.5) is 5.69 Å². The number of carbonyl (C=O) groups is 1. The molecule has 0 saturated heterocycles. The van der Waals surface area contributed by atoms with Gasteiger partial charge in [0.1, 0.15) is 0 Å². The number of anilines is 1. The molecular weight excluding hydrogens is 288 g/mol. The number of carbonyl (C=O) groups excluding carboxylic acids is 1. The van der Waals surface area contributed by atoms with Crippen molar-refractivity contribution in [3.05, 3.63) is 36.4 Å². The summed E-state index contributed by atoms with van der Waals surface area (Å²) >= 11 is 1.41. The zero-order valence-electron chi connectivity index (χ0n) is 11.2. The molecule has 0 fully saturated rings. The van der Waals surface area contributed by atoms with E-state index in [0.29, 0.717) is 16.6 Å². The van der Waals surface area contributed by atoms with Crippen LogP contribution < -0.4 is 5.32 Å². The molecule has 21 heavy (non-hydrogen) atoms. The van der Waals surface area contributed by atoms with Crippen molar-refractivity contribution >= 4 is 23.4 Å². The number of allylic oxidation sites excluding steroid dienone is 1. The number of nitrogens with one attached hydrogen (secondary N) is 1. The molecule has 1 N–H and O–H groups in total. The number of nitrogens with zero attached hydrogens (tertiary/aromatic N) is 5. The van der Waals surface area contributed by atoms with Crippen LogP contribution in [0.2, 0.25) is 0 Å². The van der Waals surface area contributed by atoms with E-state index in [2.05, 4.69) is 20.8 Å². The van der Waals surface area contributed by atoms with Crippen molar-refractivity contribution in [1.29, 1.82) is 5.26 Å². The summed E-state index contributed by atoms with van der Waals surface area (Å²) < 4.78 is 1.58. The van der Waals surface area contributed by atoms with Crippen LogP contribution >= 0.6 is 11.8 Å². The summed E-state index contributed by atoms with van der Waals surface area (Å²) in [6, 6.07) is 9.16. The summed E-state index contributed by atoms with van der Waals surface area (Å²) in [5.41, 5.74) is 1.42. The Morgan fingerprint density at radius 2 is 2.43 bits per heavy atom. The zero-order valence-corrected chi connectivity index (χ0v) is 12.0. The highest BCUT2D eigenvalue weighted by molar-refractivity contribution is 7.99. The summed E-state index contributed by atoms with van der Waals surface area (Å²) in [5.74, 6) is 0.458. The van der Waals surface area contributed by atoms with E-state index in [-0.39, 0.29) is 5.91 Å². The molecule has 1 aromatic carbocycles. The standard InChI is InChI=1S/C13H12N6OS/c1-10(20)15-11-5-4-6-12(9-11)19-13(16-17-18-19)21-8-3-2-7-14/h2-6,9H,8H2,1H3,(H,15,20)/b3-2+. The predicted molar refractivity (Wildman–Crippen MR) is 78.9 cm³/mol. The number of aromatic nitrogens is 4. The highest BCUT2D eigenvalue weighted by Crippen LogP contribution is 2.20. The van der Waals surface area contributed by atoms with Gasteiger partial charge < -0.3 is 5.32 Å². The molecule has 0 bridgehead atoms. The minimum Gasteiger partial charge on any atom is -0.326 e. The van der Waals surface area contributed by atoms with Gasteiger partial charge in [0.15, 0.2) is 0 Å². The first-order valence-electron chi connectivity index (χ1n) is 6.04. The number of tetrazole rings is 1. The maximum atomic E-state index is 11.1. The van der Waals surface area contributed by atoms with Crippen LogP contribution in [0.15, 0.2) is 41.6 Å². The van der Waals surface area contributed by atoms with E-state index in [1.807, 2.05) is 18.2 Å². The molecule has 0 unspecified atom stereocenters. The molecule has 2 rings (SSSR count). The molecule has 1 aromatic heterocycles. The van der Waals surface area contributed by atoms with Crippen molar-refractivity contribution in [3.8, 4) is 11.8 Å². The Labute approximate surface area is 125 Å². The largest absolute Gasteiger partial charge is 0.326 e. The number of thioether (sulfide) groups is 1. The first kappa shape index (κ1) is 14.7. The number of rotatable bonds is 5. The third kappa shape index (κ3) is 4.15. The average molecular weight is 300 g/mol. The maximum absolute atomic E-state index is 11.1. The smallest absolute Gasteiger partial charge is 0.221 e. The van der Waals surface area contributed by atoms with Crippen LogP contribution in [0.3, 0.4) is 0 Å². The first-order valence-corrected chi connectivity index (χ1v) is 7.03. The molecule has 0 aliphatic carbocycles. The number of benzene rings is 1. The number of hydrogen-bond donors (Lipinski definition) is 1. The van der Waals surface area contributed by atoms with Gasteiger partial charge in [-0.05, 0) is 28.6 Å². The molecule has 1 heterocycles. The van der Waals surface area contributed by atoms with Crippen LogP contribution in [-0.2, 0) is 4.79 Å². The van der Waals surface area contributed by atoms with Gasteiger partial charge in [0.05, 0.1) is 11.8 Å². The first-order chi connectivity index (χ1) is 10.2. The van der Waals surface area contributed by atoms with Crippen LogP contribution in [0.1, 0.15) is 6.92 Å². The van der Waals surface area contributed by atoms with Gasteiger partial charge in [0.25, 0.3) is 0 Å². The van der Waals surface area contributed by atoms with E-state index in [9.17, 15) is 4.79 Å². The van der Waals surface area contributed by atoms with E-state index < -0.39 is 0 Å².